The van der Waals surface area contributed by atoms with Gasteiger partial charge < -0.3 is 0 Å². The van der Waals surface area contributed by atoms with E-state index in [9.17, 15) is 0 Å². The Kier molecular flexibility index (Phi) is 4.86. The first-order valence-electron chi connectivity index (χ1n) is 8.70. The van der Waals surface area contributed by atoms with Gasteiger partial charge in [0.15, 0.2) is 17.5 Å². The van der Waals surface area contributed by atoms with Gasteiger partial charge in [-0.05, 0) is 38.4 Å². The fraction of sp³-hybridized carbons (Fsp3) is 0.0952. The zero-order valence-electron chi connectivity index (χ0n) is 14.8. The largest absolute Gasteiger partial charge is 0.250 e. The topological polar surface area (TPSA) is 38.7 Å². The van der Waals surface area contributed by atoms with Crippen molar-refractivity contribution < 1.29 is 0 Å². The van der Waals surface area contributed by atoms with Gasteiger partial charge in [-0.15, -0.1) is 0 Å². The number of nitrogens with zero attached hydrogens (tertiary/aromatic N) is 3. The molecule has 30 heavy (non-hydrogen) atoms. The highest BCUT2D eigenvalue weighted by molar-refractivity contribution is 6.67. The number of rotatable bonds is 1. The maximum Gasteiger partial charge on any atom is 0.250 e. The van der Waals surface area contributed by atoms with Crippen molar-refractivity contribution in [2.45, 2.75) is 7.59 Å². The Morgan fingerprint density at radius 3 is 1.60 bits per heavy atom. The summed E-state index contributed by atoms with van der Waals surface area (Å²) in [6, 6.07) is 18.4. The van der Waals surface area contributed by atoms with Crippen molar-refractivity contribution in [3.05, 3.63) is 66.2 Å². The van der Waals surface area contributed by atoms with Crippen LogP contribution in [-0.2, 0) is 7.59 Å². The summed E-state index contributed by atoms with van der Waals surface area (Å²) in [5.41, 5.74) is 0.717. The molecule has 5 aromatic rings. The van der Waals surface area contributed by atoms with Crippen LogP contribution in [0.15, 0.2) is 54.6 Å². The molecule has 0 spiro atoms. The lowest BCUT2D eigenvalue weighted by atomic mass is 9.92. The van der Waals surface area contributed by atoms with E-state index in [4.69, 9.17) is 69.6 Å². The number of alkyl halides is 6. The molecule has 1 heterocycles. The maximum absolute atomic E-state index is 6.03. The molecule has 4 aromatic carbocycles. The second-order valence-electron chi connectivity index (χ2n) is 6.77. The highest BCUT2D eigenvalue weighted by Crippen LogP contribution is 2.42. The van der Waals surface area contributed by atoms with Crippen LogP contribution in [0, 0.1) is 0 Å². The second kappa shape index (κ2) is 7.09. The predicted octanol–water partition coefficient (Wildman–Crippen LogP) is 8.09. The fourth-order valence-electron chi connectivity index (χ4n) is 3.68. The van der Waals surface area contributed by atoms with Crippen LogP contribution in [-0.4, -0.2) is 15.0 Å². The molecule has 0 saturated heterocycles. The molecule has 0 amide bonds. The van der Waals surface area contributed by atoms with Crippen molar-refractivity contribution in [1.29, 1.82) is 0 Å². The molecule has 150 valence electrons. The van der Waals surface area contributed by atoms with E-state index in [1.54, 1.807) is 0 Å². The lowest BCUT2D eigenvalue weighted by molar-refractivity contribution is 0.852. The minimum Gasteiger partial charge on any atom is -0.209 e. The Labute approximate surface area is 201 Å². The van der Waals surface area contributed by atoms with Crippen molar-refractivity contribution in [2.75, 3.05) is 0 Å². The zero-order valence-corrected chi connectivity index (χ0v) is 19.3. The van der Waals surface area contributed by atoms with Gasteiger partial charge in [-0.25, -0.2) is 15.0 Å². The van der Waals surface area contributed by atoms with Gasteiger partial charge in [0, 0.05) is 5.56 Å². The van der Waals surface area contributed by atoms with Crippen LogP contribution >= 0.6 is 69.6 Å². The summed E-state index contributed by atoms with van der Waals surface area (Å²) < 4.78 is -3.82. The quantitative estimate of drug-likeness (QED) is 0.167. The van der Waals surface area contributed by atoms with Gasteiger partial charge in [0.25, 0.3) is 0 Å². The van der Waals surface area contributed by atoms with E-state index in [1.807, 2.05) is 24.3 Å². The summed E-state index contributed by atoms with van der Waals surface area (Å²) in [4.78, 5) is 12.8. The Balaban J connectivity index is 1.87. The molecule has 0 aliphatic carbocycles. The average Bonchev–Trinajstić information content (AvgIpc) is 2.70. The average molecular weight is 516 g/mol. The number of aromatic nitrogens is 3. The highest BCUT2D eigenvalue weighted by Gasteiger charge is 2.34. The van der Waals surface area contributed by atoms with Gasteiger partial charge in [0.2, 0.25) is 7.59 Å². The zero-order chi connectivity index (χ0) is 21.3. The van der Waals surface area contributed by atoms with E-state index in [0.717, 1.165) is 32.3 Å². The van der Waals surface area contributed by atoms with Crippen molar-refractivity contribution in [3.63, 3.8) is 0 Å². The number of halogens is 6. The Morgan fingerprint density at radius 1 is 0.533 bits per heavy atom. The van der Waals surface area contributed by atoms with E-state index < -0.39 is 7.59 Å². The molecule has 0 saturated carbocycles. The summed E-state index contributed by atoms with van der Waals surface area (Å²) in [6.45, 7) is 0. The van der Waals surface area contributed by atoms with Gasteiger partial charge in [-0.3, -0.25) is 0 Å². The SMILES string of the molecule is ClC(Cl)(Cl)c1nc(-c2ccc3ccc4cccc5ccc2c3c45)nc(C(Cl)(Cl)Cl)n1. The monoisotopic (exact) mass is 513 g/mol. The van der Waals surface area contributed by atoms with E-state index in [-0.39, 0.29) is 17.5 Å². The van der Waals surface area contributed by atoms with Gasteiger partial charge in [-0.2, -0.15) is 0 Å². The van der Waals surface area contributed by atoms with Crippen LogP contribution in [0.3, 0.4) is 0 Å². The first kappa shape index (κ1) is 20.6. The summed E-state index contributed by atoms with van der Waals surface area (Å²) in [5, 5.41) is 6.56. The van der Waals surface area contributed by atoms with Gasteiger partial charge >= 0.3 is 0 Å². The Hall–Kier alpha value is -1.33. The maximum atomic E-state index is 6.03. The fourth-order valence-corrected chi connectivity index (χ4v) is 4.19. The predicted molar refractivity (Wildman–Crippen MR) is 127 cm³/mol. The molecular weight excluding hydrogens is 507 g/mol. The number of hydrogen-bond acceptors (Lipinski definition) is 3. The third-order valence-corrected chi connectivity index (χ3v) is 5.93. The summed E-state index contributed by atoms with van der Waals surface area (Å²) >= 11 is 36.2. The minimum atomic E-state index is -1.91. The van der Waals surface area contributed by atoms with Crippen LogP contribution in [0.4, 0.5) is 0 Å². The molecule has 0 fully saturated rings. The molecule has 3 nitrogen and oxygen atoms in total. The molecule has 0 unspecified atom stereocenters. The summed E-state index contributed by atoms with van der Waals surface area (Å²) in [7, 11) is 0. The van der Waals surface area contributed by atoms with E-state index >= 15 is 0 Å². The number of benzene rings is 4. The third kappa shape index (κ3) is 3.42. The molecule has 0 radical (unpaired) electrons. The lowest BCUT2D eigenvalue weighted by Crippen LogP contribution is -2.16. The van der Waals surface area contributed by atoms with E-state index in [2.05, 4.69) is 45.3 Å². The first-order chi connectivity index (χ1) is 14.1. The summed E-state index contributed by atoms with van der Waals surface area (Å²) in [6.07, 6.45) is 0. The molecule has 0 bridgehead atoms. The summed E-state index contributed by atoms with van der Waals surface area (Å²) in [5.74, 6) is 0.0135. The van der Waals surface area contributed by atoms with Crippen LogP contribution < -0.4 is 0 Å². The second-order valence-corrected chi connectivity index (χ2v) is 11.3. The van der Waals surface area contributed by atoms with E-state index in [1.165, 1.54) is 0 Å². The molecule has 1 aromatic heterocycles. The van der Waals surface area contributed by atoms with Gasteiger partial charge in [-0.1, -0.05) is 118 Å². The molecular formula is C21H9Cl6N3. The van der Waals surface area contributed by atoms with Gasteiger partial charge in [0.05, 0.1) is 0 Å². The normalized spacial score (nSPS) is 13.0. The standard InChI is InChI=1S/C21H9Cl6N3/c22-20(23,24)18-28-17(29-19(30-18)21(25,26)27)14-9-7-12-5-4-10-2-1-3-11-6-8-13(14)16(12)15(10)11/h1-9H. The smallest absolute Gasteiger partial charge is 0.209 e. The van der Waals surface area contributed by atoms with Gasteiger partial charge in [0.1, 0.15) is 0 Å². The van der Waals surface area contributed by atoms with Crippen molar-refractivity contribution in [1.82, 2.24) is 15.0 Å². The van der Waals surface area contributed by atoms with Crippen LogP contribution in [0.25, 0.3) is 43.7 Å². The lowest BCUT2D eigenvalue weighted by Gasteiger charge is -2.17. The molecule has 5 rings (SSSR count). The highest BCUT2D eigenvalue weighted by atomic mass is 35.6. The van der Waals surface area contributed by atoms with Crippen LogP contribution in [0.5, 0.6) is 0 Å². The molecule has 0 aliphatic heterocycles. The third-order valence-electron chi connectivity index (χ3n) is 4.91. The first-order valence-corrected chi connectivity index (χ1v) is 11.0. The molecule has 9 heteroatoms. The molecule has 0 aliphatic rings. The van der Waals surface area contributed by atoms with Crippen molar-refractivity contribution >= 4 is 102 Å². The van der Waals surface area contributed by atoms with Crippen LogP contribution in [0.1, 0.15) is 11.6 Å². The van der Waals surface area contributed by atoms with E-state index in [0.29, 0.717) is 5.56 Å². The van der Waals surface area contributed by atoms with Crippen LogP contribution in [0.2, 0.25) is 0 Å². The Morgan fingerprint density at radius 2 is 1.03 bits per heavy atom. The molecule has 0 N–H and O–H groups in total. The van der Waals surface area contributed by atoms with Crippen molar-refractivity contribution in [2.24, 2.45) is 0 Å². The number of hydrogen-bond donors (Lipinski definition) is 0. The Bertz CT molecular complexity index is 1370. The molecule has 0 atom stereocenters. The van der Waals surface area contributed by atoms with Crippen molar-refractivity contribution in [3.8, 4) is 11.4 Å². The minimum absolute atomic E-state index is 0.121.